The second-order valence-electron chi connectivity index (χ2n) is 4.95. The zero-order chi connectivity index (χ0) is 14.4. The maximum Gasteiger partial charge on any atom is 0.0920 e. The van der Waals surface area contributed by atoms with E-state index in [0.717, 1.165) is 23.7 Å². The summed E-state index contributed by atoms with van der Waals surface area (Å²) >= 11 is 6.32. The first kappa shape index (κ1) is 15.0. The molecule has 0 spiro atoms. The first-order chi connectivity index (χ1) is 9.76. The molecule has 0 heterocycles. The predicted molar refractivity (Wildman–Crippen MR) is 83.7 cm³/mol. The number of hydrogen-bond donors (Lipinski definition) is 4. The minimum absolute atomic E-state index is 0.155. The molecular weight excluding hydrogens is 274 g/mol. The fourth-order valence-corrected chi connectivity index (χ4v) is 2.13. The van der Waals surface area contributed by atoms with Gasteiger partial charge in [-0.25, -0.2) is 0 Å². The smallest absolute Gasteiger partial charge is 0.0920 e. The fourth-order valence-electron chi connectivity index (χ4n) is 1.86. The average molecular weight is 294 g/mol. The lowest BCUT2D eigenvalue weighted by Crippen LogP contribution is -2.12. The number of aliphatic hydroxyl groups excluding tert-OH is 1. The number of unbranched alkanes of at least 4 members (excludes halogenated alkanes) is 1. The zero-order valence-corrected chi connectivity index (χ0v) is 12.1. The predicted octanol–water partition coefficient (Wildman–Crippen LogP) is 2.57. The summed E-state index contributed by atoms with van der Waals surface area (Å²) in [5.41, 5.74) is 4.98. The first-order valence-electron chi connectivity index (χ1n) is 6.89. The van der Waals surface area contributed by atoms with E-state index in [4.69, 9.17) is 22.6 Å². The van der Waals surface area contributed by atoms with E-state index in [9.17, 15) is 0 Å². The number of nitrogens with one attached hydrogen (secondary N) is 2. The summed E-state index contributed by atoms with van der Waals surface area (Å²) in [6, 6.07) is 3.84. The molecule has 20 heavy (non-hydrogen) atoms. The van der Waals surface area contributed by atoms with Gasteiger partial charge in [-0.15, -0.1) is 0 Å². The van der Waals surface area contributed by atoms with Crippen molar-refractivity contribution in [2.24, 2.45) is 11.8 Å². The Bertz CT molecular complexity index is 518. The van der Waals surface area contributed by atoms with Gasteiger partial charge in [0.15, 0.2) is 0 Å². The van der Waals surface area contributed by atoms with E-state index >= 15 is 0 Å². The number of nitrogen functional groups attached to an aromatic ring is 1. The lowest BCUT2D eigenvalue weighted by Gasteiger charge is -2.13. The summed E-state index contributed by atoms with van der Waals surface area (Å²) in [5.74, 6) is 12.3. The van der Waals surface area contributed by atoms with Gasteiger partial charge in [0.05, 0.1) is 16.4 Å². The average Bonchev–Trinajstić information content (AvgIpc) is 3.27. The van der Waals surface area contributed by atoms with E-state index in [0.29, 0.717) is 23.6 Å². The van der Waals surface area contributed by atoms with E-state index < -0.39 is 0 Å². The molecule has 5 heteroatoms. The number of anilines is 2. The number of benzene rings is 1. The summed E-state index contributed by atoms with van der Waals surface area (Å²) in [7, 11) is 0. The number of hydrogen-bond acceptors (Lipinski definition) is 4. The van der Waals surface area contributed by atoms with Crippen LogP contribution in [0.4, 0.5) is 11.4 Å². The van der Waals surface area contributed by atoms with Crippen molar-refractivity contribution >= 4 is 23.0 Å². The van der Waals surface area contributed by atoms with Crippen LogP contribution in [0.5, 0.6) is 0 Å². The van der Waals surface area contributed by atoms with Crippen molar-refractivity contribution in [3.63, 3.8) is 0 Å². The third-order valence-electron chi connectivity index (χ3n) is 3.25. The van der Waals surface area contributed by atoms with Crippen molar-refractivity contribution in [1.29, 1.82) is 0 Å². The highest BCUT2D eigenvalue weighted by Gasteiger charge is 2.21. The molecule has 5 N–H and O–H groups in total. The van der Waals surface area contributed by atoms with Gasteiger partial charge in [-0.1, -0.05) is 23.4 Å². The van der Waals surface area contributed by atoms with Crippen LogP contribution in [-0.4, -0.2) is 18.3 Å². The third-order valence-corrected chi connectivity index (χ3v) is 3.64. The quantitative estimate of drug-likeness (QED) is 0.282. The largest absolute Gasteiger partial charge is 0.396 e. The molecule has 108 valence electrons. The van der Waals surface area contributed by atoms with Gasteiger partial charge in [-0.3, -0.25) is 5.84 Å². The summed E-state index contributed by atoms with van der Waals surface area (Å²) < 4.78 is 0. The molecule has 1 aliphatic rings. The Morgan fingerprint density at radius 2 is 2.20 bits per heavy atom. The van der Waals surface area contributed by atoms with Crippen LogP contribution in [0.15, 0.2) is 12.1 Å². The minimum atomic E-state index is 0.155. The molecule has 0 aliphatic heterocycles. The molecule has 1 aromatic rings. The van der Waals surface area contributed by atoms with Crippen molar-refractivity contribution in [3.05, 3.63) is 22.7 Å². The van der Waals surface area contributed by atoms with Crippen LogP contribution in [0.25, 0.3) is 0 Å². The van der Waals surface area contributed by atoms with Crippen LogP contribution in [0.1, 0.15) is 31.2 Å². The molecule has 2 rings (SSSR count). The van der Waals surface area contributed by atoms with Gasteiger partial charge in [0.2, 0.25) is 0 Å². The van der Waals surface area contributed by atoms with Crippen LogP contribution in [0.3, 0.4) is 0 Å². The standard InChI is InChI=1S/C15H20ClN3O/c16-14-12(4-2-1-3-9-20)7-8-13(15(14)19-17)18-10-11-5-6-11/h7-8,11,18-20H,1,3,5-6,9-10,17H2. The van der Waals surface area contributed by atoms with E-state index in [-0.39, 0.29) is 6.61 Å². The van der Waals surface area contributed by atoms with Crippen LogP contribution in [0.2, 0.25) is 5.02 Å². The summed E-state index contributed by atoms with van der Waals surface area (Å²) in [6.45, 7) is 1.11. The van der Waals surface area contributed by atoms with Crippen LogP contribution in [0, 0.1) is 17.8 Å². The molecule has 0 unspecified atom stereocenters. The molecule has 1 aliphatic carbocycles. The summed E-state index contributed by atoms with van der Waals surface area (Å²) in [5, 5.41) is 12.6. The van der Waals surface area contributed by atoms with Gasteiger partial charge < -0.3 is 15.8 Å². The second kappa shape index (κ2) is 7.39. The van der Waals surface area contributed by atoms with E-state index in [1.165, 1.54) is 12.8 Å². The van der Waals surface area contributed by atoms with Gasteiger partial charge in [-0.05, 0) is 37.3 Å². The third kappa shape index (κ3) is 4.04. The summed E-state index contributed by atoms with van der Waals surface area (Å²) in [6.07, 6.45) is 3.91. The SMILES string of the molecule is NNc1c(NCC2CC2)ccc(C#CCCCO)c1Cl. The molecular formula is C15H20ClN3O. The number of nitrogens with two attached hydrogens (primary N) is 1. The monoisotopic (exact) mass is 293 g/mol. The molecule has 0 aromatic heterocycles. The highest BCUT2D eigenvalue weighted by atomic mass is 35.5. The molecule has 1 saturated carbocycles. The normalized spacial score (nSPS) is 13.6. The van der Waals surface area contributed by atoms with Crippen molar-refractivity contribution in [2.75, 3.05) is 23.9 Å². The highest BCUT2D eigenvalue weighted by molar-refractivity contribution is 6.35. The molecule has 4 nitrogen and oxygen atoms in total. The highest BCUT2D eigenvalue weighted by Crippen LogP contribution is 2.34. The Hall–Kier alpha value is -1.41. The van der Waals surface area contributed by atoms with Crippen molar-refractivity contribution in [2.45, 2.75) is 25.7 Å². The number of aliphatic hydroxyl groups is 1. The fraction of sp³-hybridized carbons (Fsp3) is 0.467. The molecule has 1 fully saturated rings. The number of hydrazine groups is 1. The Kier molecular flexibility index (Phi) is 5.54. The Balaban J connectivity index is 2.11. The Morgan fingerprint density at radius 3 is 2.85 bits per heavy atom. The molecule has 0 bridgehead atoms. The molecule has 0 amide bonds. The Labute approximate surface area is 124 Å². The van der Waals surface area contributed by atoms with Crippen molar-refractivity contribution in [1.82, 2.24) is 0 Å². The van der Waals surface area contributed by atoms with Crippen molar-refractivity contribution in [3.8, 4) is 11.8 Å². The molecule has 0 atom stereocenters. The van der Waals surface area contributed by atoms with Crippen molar-refractivity contribution < 1.29 is 5.11 Å². The molecule has 0 radical (unpaired) electrons. The molecule has 1 aromatic carbocycles. The number of rotatable bonds is 6. The molecule has 0 saturated heterocycles. The topological polar surface area (TPSA) is 70.3 Å². The minimum Gasteiger partial charge on any atom is -0.396 e. The summed E-state index contributed by atoms with van der Waals surface area (Å²) in [4.78, 5) is 0. The van der Waals surface area contributed by atoms with E-state index in [1.807, 2.05) is 12.1 Å². The van der Waals surface area contributed by atoms with Gasteiger partial charge in [0, 0.05) is 25.1 Å². The van der Waals surface area contributed by atoms with Crippen LogP contribution < -0.4 is 16.6 Å². The lowest BCUT2D eigenvalue weighted by atomic mass is 10.1. The maximum atomic E-state index is 8.72. The van der Waals surface area contributed by atoms with Gasteiger partial charge >= 0.3 is 0 Å². The van der Waals surface area contributed by atoms with Crippen LogP contribution in [-0.2, 0) is 0 Å². The zero-order valence-electron chi connectivity index (χ0n) is 11.4. The van der Waals surface area contributed by atoms with Crippen LogP contribution >= 0.6 is 11.6 Å². The Morgan fingerprint density at radius 1 is 1.40 bits per heavy atom. The lowest BCUT2D eigenvalue weighted by molar-refractivity contribution is 0.290. The van der Waals surface area contributed by atoms with Gasteiger partial charge in [-0.2, -0.15) is 0 Å². The van der Waals surface area contributed by atoms with E-state index in [2.05, 4.69) is 22.6 Å². The maximum absolute atomic E-state index is 8.72. The number of halogens is 1. The second-order valence-corrected chi connectivity index (χ2v) is 5.33. The first-order valence-corrected chi connectivity index (χ1v) is 7.26. The van der Waals surface area contributed by atoms with Gasteiger partial charge in [0.25, 0.3) is 0 Å². The van der Waals surface area contributed by atoms with Gasteiger partial charge in [0.1, 0.15) is 0 Å². The van der Waals surface area contributed by atoms with E-state index in [1.54, 1.807) is 0 Å².